The molecule has 4 aromatic rings. The number of carbonyl (C=O) groups is 1. The number of carbonyl (C=O) groups excluding carboxylic acids is 1. The average Bonchev–Trinajstić information content (AvgIpc) is 3.59. The molecule has 0 saturated carbocycles. The van der Waals surface area contributed by atoms with Crippen LogP contribution in [0.3, 0.4) is 0 Å². The van der Waals surface area contributed by atoms with Gasteiger partial charge in [-0.25, -0.2) is 4.68 Å². The van der Waals surface area contributed by atoms with Gasteiger partial charge < -0.3 is 4.90 Å². The molecule has 0 unspecified atom stereocenters. The molecule has 3 heterocycles. The molecule has 1 fully saturated rings. The van der Waals surface area contributed by atoms with Crippen LogP contribution < -0.4 is 0 Å². The topological polar surface area (TPSA) is 50.5 Å². The second-order valence-corrected chi connectivity index (χ2v) is 12.4. The third kappa shape index (κ3) is 6.11. The van der Waals surface area contributed by atoms with E-state index < -0.39 is 0 Å². The van der Waals surface area contributed by atoms with Crippen LogP contribution in [-0.2, 0) is 11.2 Å². The Labute approximate surface area is 244 Å². The second-order valence-electron chi connectivity index (χ2n) is 10.1. The maximum atomic E-state index is 13.0. The number of aliphatic imine (C=N–C) groups is 1. The number of hydrogen-bond donors (Lipinski definition) is 0. The molecule has 6 rings (SSSR count). The number of hydrogen-bond acceptors (Lipinski definition) is 5. The molecular formula is C33H32N4OS2. The first-order valence-corrected chi connectivity index (χ1v) is 15.7. The summed E-state index contributed by atoms with van der Waals surface area (Å²) in [5.74, 6) is 1.54. The Hall–Kier alpha value is -3.55. The lowest BCUT2D eigenvalue weighted by Gasteiger charge is -2.32. The summed E-state index contributed by atoms with van der Waals surface area (Å²) in [6.07, 6.45) is 7.31. The van der Waals surface area contributed by atoms with Crippen molar-refractivity contribution in [1.29, 1.82) is 0 Å². The van der Waals surface area contributed by atoms with Crippen LogP contribution >= 0.6 is 23.5 Å². The van der Waals surface area contributed by atoms with Crippen molar-refractivity contribution >= 4 is 40.7 Å². The number of amides is 1. The van der Waals surface area contributed by atoms with E-state index in [0.717, 1.165) is 65.8 Å². The van der Waals surface area contributed by atoms with Gasteiger partial charge in [-0.15, -0.1) is 11.8 Å². The van der Waals surface area contributed by atoms with Crippen molar-refractivity contribution in [3.63, 3.8) is 0 Å². The minimum absolute atomic E-state index is 0.167. The van der Waals surface area contributed by atoms with Gasteiger partial charge in [-0.05, 0) is 78.6 Å². The standard InChI is InChI=1S/C33H32N4OS2/c1-2-39-29-15-13-26(14-16-29)31-27(23-37(35-31)28-11-7-4-8-12-28)22-30-32(38)34-33(40-30)36-19-17-25(18-20-36)21-24-9-5-3-6-10-24/h3-16,22-23,25H,2,17-21H2,1H3/b30-22-. The number of nitrogens with zero attached hydrogens (tertiary/aromatic N) is 4. The van der Waals surface area contributed by atoms with Gasteiger partial charge >= 0.3 is 0 Å². The second kappa shape index (κ2) is 12.3. The van der Waals surface area contributed by atoms with Crippen LogP contribution in [0.25, 0.3) is 23.0 Å². The smallest absolute Gasteiger partial charge is 0.286 e. The van der Waals surface area contributed by atoms with Crippen molar-refractivity contribution in [1.82, 2.24) is 14.7 Å². The Balaban J connectivity index is 1.20. The van der Waals surface area contributed by atoms with Crippen LogP contribution in [-0.4, -0.2) is 44.6 Å². The van der Waals surface area contributed by atoms with Crippen molar-refractivity contribution in [3.8, 4) is 16.9 Å². The number of benzene rings is 3. The van der Waals surface area contributed by atoms with E-state index in [1.807, 2.05) is 59.0 Å². The predicted octanol–water partition coefficient (Wildman–Crippen LogP) is 7.58. The van der Waals surface area contributed by atoms with Crippen LogP contribution in [0.15, 0.2) is 106 Å². The van der Waals surface area contributed by atoms with Crippen molar-refractivity contribution in [2.45, 2.75) is 31.1 Å². The van der Waals surface area contributed by atoms with Gasteiger partial charge in [-0.3, -0.25) is 4.79 Å². The summed E-state index contributed by atoms with van der Waals surface area (Å²) in [5.41, 5.74) is 5.17. The van der Waals surface area contributed by atoms with Crippen molar-refractivity contribution < 1.29 is 4.79 Å². The molecule has 1 saturated heterocycles. The summed E-state index contributed by atoms with van der Waals surface area (Å²) in [6.45, 7) is 4.02. The summed E-state index contributed by atoms with van der Waals surface area (Å²) in [5, 5.41) is 5.77. The number of aromatic nitrogens is 2. The van der Waals surface area contributed by atoms with Gasteiger partial charge in [0.25, 0.3) is 5.91 Å². The first-order valence-electron chi connectivity index (χ1n) is 13.9. The van der Waals surface area contributed by atoms with E-state index in [9.17, 15) is 4.79 Å². The molecule has 2 aliphatic rings. The molecule has 1 amide bonds. The van der Waals surface area contributed by atoms with E-state index in [0.29, 0.717) is 10.8 Å². The number of rotatable bonds is 7. The zero-order chi connectivity index (χ0) is 27.3. The number of thioether (sulfide) groups is 2. The molecule has 0 bridgehead atoms. The van der Waals surface area contributed by atoms with E-state index in [4.69, 9.17) is 5.10 Å². The number of likely N-dealkylation sites (tertiary alicyclic amines) is 1. The van der Waals surface area contributed by atoms with Gasteiger partial charge in [0, 0.05) is 35.3 Å². The molecule has 40 heavy (non-hydrogen) atoms. The monoisotopic (exact) mass is 564 g/mol. The fourth-order valence-electron chi connectivity index (χ4n) is 5.26. The third-order valence-corrected chi connectivity index (χ3v) is 9.29. The molecule has 0 N–H and O–H groups in total. The van der Waals surface area contributed by atoms with E-state index in [1.54, 1.807) is 0 Å². The summed E-state index contributed by atoms with van der Waals surface area (Å²) in [7, 11) is 0. The molecule has 0 atom stereocenters. The first-order chi connectivity index (χ1) is 19.7. The third-order valence-electron chi connectivity index (χ3n) is 7.35. The Morgan fingerprint density at radius 1 is 0.950 bits per heavy atom. The Kier molecular flexibility index (Phi) is 8.21. The molecule has 1 aromatic heterocycles. The molecule has 2 aliphatic heterocycles. The molecule has 7 heteroatoms. The lowest BCUT2D eigenvalue weighted by molar-refractivity contribution is -0.113. The molecule has 3 aromatic carbocycles. The minimum Gasteiger partial charge on any atom is -0.351 e. The van der Waals surface area contributed by atoms with Crippen molar-refractivity contribution in [2.75, 3.05) is 18.8 Å². The average molecular weight is 565 g/mol. The van der Waals surface area contributed by atoms with Crippen LogP contribution in [0.1, 0.15) is 30.9 Å². The van der Waals surface area contributed by atoms with E-state index in [-0.39, 0.29) is 5.91 Å². The highest BCUT2D eigenvalue weighted by atomic mass is 32.2. The van der Waals surface area contributed by atoms with E-state index >= 15 is 0 Å². The number of amidine groups is 1. The summed E-state index contributed by atoms with van der Waals surface area (Å²) in [4.78, 5) is 21.7. The fourth-order valence-corrected chi connectivity index (χ4v) is 6.87. The Bertz CT molecular complexity index is 1520. The quantitative estimate of drug-likeness (QED) is 0.171. The maximum Gasteiger partial charge on any atom is 0.286 e. The van der Waals surface area contributed by atoms with Crippen molar-refractivity contribution in [3.05, 3.63) is 107 Å². The first kappa shape index (κ1) is 26.7. The van der Waals surface area contributed by atoms with Crippen LogP contribution in [0.2, 0.25) is 0 Å². The number of piperidine rings is 1. The number of para-hydroxylation sites is 1. The zero-order valence-corrected chi connectivity index (χ0v) is 24.2. The normalized spacial score (nSPS) is 17.0. The maximum absolute atomic E-state index is 13.0. The van der Waals surface area contributed by atoms with Gasteiger partial charge in [-0.1, -0.05) is 67.6 Å². The largest absolute Gasteiger partial charge is 0.351 e. The van der Waals surface area contributed by atoms with Gasteiger partial charge in [-0.2, -0.15) is 10.1 Å². The van der Waals surface area contributed by atoms with Gasteiger partial charge in [0.15, 0.2) is 5.17 Å². The fraction of sp³-hybridized carbons (Fsp3) is 0.242. The van der Waals surface area contributed by atoms with Crippen LogP contribution in [0.4, 0.5) is 0 Å². The van der Waals surface area contributed by atoms with Crippen molar-refractivity contribution in [2.24, 2.45) is 10.9 Å². The Morgan fingerprint density at radius 3 is 2.35 bits per heavy atom. The molecule has 0 radical (unpaired) electrons. The van der Waals surface area contributed by atoms with E-state index in [1.165, 1.54) is 22.2 Å². The highest BCUT2D eigenvalue weighted by molar-refractivity contribution is 8.18. The highest BCUT2D eigenvalue weighted by Crippen LogP contribution is 2.35. The minimum atomic E-state index is -0.167. The molecule has 0 aliphatic carbocycles. The summed E-state index contributed by atoms with van der Waals surface area (Å²) in [6, 6.07) is 29.3. The summed E-state index contributed by atoms with van der Waals surface area (Å²) < 4.78 is 1.89. The summed E-state index contributed by atoms with van der Waals surface area (Å²) >= 11 is 3.31. The lowest BCUT2D eigenvalue weighted by atomic mass is 9.90. The Morgan fingerprint density at radius 2 is 1.65 bits per heavy atom. The van der Waals surface area contributed by atoms with Gasteiger partial charge in [0.2, 0.25) is 0 Å². The van der Waals surface area contributed by atoms with Gasteiger partial charge in [0.1, 0.15) is 0 Å². The molecule has 202 valence electrons. The SMILES string of the molecule is CCSc1ccc(-c2nn(-c3ccccc3)cc2/C=C2\SC(N3CCC(Cc4ccccc4)CC3)=NC2=O)cc1. The lowest BCUT2D eigenvalue weighted by Crippen LogP contribution is -2.37. The predicted molar refractivity (Wildman–Crippen MR) is 168 cm³/mol. The molecule has 5 nitrogen and oxygen atoms in total. The zero-order valence-electron chi connectivity index (χ0n) is 22.6. The van der Waals surface area contributed by atoms with Crippen LogP contribution in [0, 0.1) is 5.92 Å². The van der Waals surface area contributed by atoms with E-state index in [2.05, 4.69) is 71.4 Å². The van der Waals surface area contributed by atoms with Crippen LogP contribution in [0.5, 0.6) is 0 Å². The highest BCUT2D eigenvalue weighted by Gasteiger charge is 2.29. The molecular weight excluding hydrogens is 533 g/mol. The molecule has 0 spiro atoms. The van der Waals surface area contributed by atoms with Gasteiger partial charge in [0.05, 0.1) is 16.3 Å².